The van der Waals surface area contributed by atoms with Crippen molar-refractivity contribution in [3.8, 4) is 5.75 Å². The van der Waals surface area contributed by atoms with E-state index in [1.807, 2.05) is 24.3 Å². The number of aryl methyl sites for hydroxylation is 2. The number of rotatable bonds is 5. The highest BCUT2D eigenvalue weighted by molar-refractivity contribution is 5.96. The molecule has 1 saturated heterocycles. The molecule has 0 atom stereocenters. The van der Waals surface area contributed by atoms with Crippen molar-refractivity contribution >= 4 is 16.8 Å². The van der Waals surface area contributed by atoms with E-state index in [4.69, 9.17) is 9.26 Å². The minimum absolute atomic E-state index is 0.0345. The Morgan fingerprint density at radius 2 is 2.03 bits per heavy atom. The number of hydrogen-bond donors (Lipinski definition) is 0. The van der Waals surface area contributed by atoms with Gasteiger partial charge in [-0.15, -0.1) is 0 Å². The zero-order valence-electron chi connectivity index (χ0n) is 16.4. The van der Waals surface area contributed by atoms with E-state index in [9.17, 15) is 13.6 Å². The normalized spacial score (nSPS) is 15.4. The van der Waals surface area contributed by atoms with Gasteiger partial charge in [0.05, 0.1) is 17.8 Å². The fourth-order valence-corrected chi connectivity index (χ4v) is 3.91. The second-order valence-corrected chi connectivity index (χ2v) is 7.36. The van der Waals surface area contributed by atoms with Crippen LogP contribution in [-0.2, 0) is 6.54 Å². The molecule has 1 aliphatic rings. The number of likely N-dealkylation sites (tertiary alicyclic amines) is 1. The highest BCUT2D eigenvalue weighted by atomic mass is 19.3. The average Bonchev–Trinajstić information content (AvgIpc) is 3.25. The van der Waals surface area contributed by atoms with Crippen LogP contribution in [0.1, 0.15) is 34.7 Å². The first-order valence-corrected chi connectivity index (χ1v) is 9.69. The molecule has 29 heavy (non-hydrogen) atoms. The van der Waals surface area contributed by atoms with E-state index in [1.165, 1.54) is 4.57 Å². The summed E-state index contributed by atoms with van der Waals surface area (Å²) in [5.74, 6) is 1.16. The van der Waals surface area contributed by atoms with E-state index in [-0.39, 0.29) is 18.6 Å². The van der Waals surface area contributed by atoms with Gasteiger partial charge < -0.3 is 18.7 Å². The smallest absolute Gasteiger partial charge is 0.259 e. The van der Waals surface area contributed by atoms with E-state index >= 15 is 0 Å². The lowest BCUT2D eigenvalue weighted by Crippen LogP contribution is -2.42. The molecule has 1 aromatic carbocycles. The van der Waals surface area contributed by atoms with Gasteiger partial charge in [0.1, 0.15) is 23.2 Å². The molecular formula is C21H23F2N3O3. The van der Waals surface area contributed by atoms with Gasteiger partial charge in [0.2, 0.25) is 0 Å². The predicted molar refractivity (Wildman–Crippen MR) is 103 cm³/mol. The molecule has 0 unspecified atom stereocenters. The number of ether oxygens (including phenoxy) is 1. The van der Waals surface area contributed by atoms with Gasteiger partial charge in [-0.3, -0.25) is 4.79 Å². The molecule has 0 radical (unpaired) electrons. The molecule has 4 rings (SSSR count). The molecule has 154 valence electrons. The van der Waals surface area contributed by atoms with Crippen molar-refractivity contribution in [2.24, 2.45) is 0 Å². The Hall–Kier alpha value is -2.90. The van der Waals surface area contributed by atoms with Crippen LogP contribution in [0.3, 0.4) is 0 Å². The molecule has 0 aliphatic carbocycles. The van der Waals surface area contributed by atoms with Crippen LogP contribution in [0.25, 0.3) is 10.9 Å². The van der Waals surface area contributed by atoms with Crippen molar-refractivity contribution in [2.45, 2.75) is 45.8 Å². The number of benzene rings is 1. The Labute approximate surface area is 167 Å². The maximum Gasteiger partial charge on any atom is 0.259 e. The lowest BCUT2D eigenvalue weighted by molar-refractivity contribution is 0.0595. The third kappa shape index (κ3) is 3.83. The van der Waals surface area contributed by atoms with Gasteiger partial charge in [-0.2, -0.15) is 0 Å². The molecule has 1 aliphatic heterocycles. The Morgan fingerprint density at radius 3 is 2.69 bits per heavy atom. The van der Waals surface area contributed by atoms with Crippen molar-refractivity contribution in [1.82, 2.24) is 14.6 Å². The summed E-state index contributed by atoms with van der Waals surface area (Å²) in [6, 6.07) is 7.30. The van der Waals surface area contributed by atoms with Crippen LogP contribution < -0.4 is 4.74 Å². The molecule has 3 heterocycles. The largest absolute Gasteiger partial charge is 0.490 e. The van der Waals surface area contributed by atoms with Gasteiger partial charge in [0.25, 0.3) is 12.3 Å². The third-order valence-electron chi connectivity index (χ3n) is 5.38. The monoisotopic (exact) mass is 403 g/mol. The number of nitrogens with zero attached hydrogens (tertiary/aromatic N) is 3. The van der Waals surface area contributed by atoms with Crippen LogP contribution in [0.2, 0.25) is 0 Å². The summed E-state index contributed by atoms with van der Waals surface area (Å²) in [5.41, 5.74) is 1.87. The Bertz CT molecular complexity index is 1000. The quantitative estimate of drug-likeness (QED) is 0.641. The first-order chi connectivity index (χ1) is 13.9. The van der Waals surface area contributed by atoms with Crippen molar-refractivity contribution in [3.63, 3.8) is 0 Å². The fourth-order valence-electron chi connectivity index (χ4n) is 3.91. The molecule has 3 aromatic rings. The average molecular weight is 403 g/mol. The van der Waals surface area contributed by atoms with Crippen molar-refractivity contribution in [2.75, 3.05) is 13.1 Å². The van der Waals surface area contributed by atoms with Gasteiger partial charge in [-0.05, 0) is 32.0 Å². The van der Waals surface area contributed by atoms with Crippen LogP contribution in [0.15, 0.2) is 35.0 Å². The number of aromatic nitrogens is 2. The first kappa shape index (κ1) is 19.4. The molecule has 0 saturated carbocycles. The summed E-state index contributed by atoms with van der Waals surface area (Å²) in [6.07, 6.45) is 0.614. The lowest BCUT2D eigenvalue weighted by Gasteiger charge is -2.32. The summed E-state index contributed by atoms with van der Waals surface area (Å²) < 4.78 is 38.3. The molecule has 8 heteroatoms. The zero-order chi connectivity index (χ0) is 20.5. The van der Waals surface area contributed by atoms with E-state index in [1.54, 1.807) is 24.9 Å². The zero-order valence-corrected chi connectivity index (χ0v) is 16.4. The highest BCUT2D eigenvalue weighted by Gasteiger charge is 2.28. The van der Waals surface area contributed by atoms with Gasteiger partial charge in [-0.1, -0.05) is 11.2 Å². The molecule has 6 nitrogen and oxygen atoms in total. The molecular weight excluding hydrogens is 380 g/mol. The molecule has 1 fully saturated rings. The number of carbonyl (C=O) groups excluding carboxylic acids is 1. The van der Waals surface area contributed by atoms with Gasteiger partial charge in [0.15, 0.2) is 0 Å². The van der Waals surface area contributed by atoms with Crippen LogP contribution >= 0.6 is 0 Å². The maximum atomic E-state index is 12.8. The minimum atomic E-state index is -2.41. The fraction of sp³-hybridized carbons (Fsp3) is 0.429. The number of carbonyl (C=O) groups is 1. The highest BCUT2D eigenvalue weighted by Crippen LogP contribution is 2.30. The summed E-state index contributed by atoms with van der Waals surface area (Å²) in [7, 11) is 0. The standard InChI is InChI=1S/C21H23F2N3O3/c1-13-20(14(2)29-24-13)21(27)25-9-6-15(7-10-25)28-18-5-3-4-17-16(18)8-11-26(17)12-19(22)23/h3-5,8,11,15,19H,6-7,9-10,12H2,1-2H3. The maximum absolute atomic E-state index is 12.8. The summed E-state index contributed by atoms with van der Waals surface area (Å²) in [6.45, 7) is 4.32. The number of piperidine rings is 1. The molecule has 0 bridgehead atoms. The van der Waals surface area contributed by atoms with Crippen LogP contribution in [0.4, 0.5) is 8.78 Å². The second-order valence-electron chi connectivity index (χ2n) is 7.36. The van der Waals surface area contributed by atoms with Gasteiger partial charge >= 0.3 is 0 Å². The van der Waals surface area contributed by atoms with E-state index in [2.05, 4.69) is 5.16 Å². The first-order valence-electron chi connectivity index (χ1n) is 9.69. The predicted octanol–water partition coefficient (Wildman–Crippen LogP) is 4.19. The second kappa shape index (κ2) is 7.85. The number of halogens is 2. The van der Waals surface area contributed by atoms with Crippen molar-refractivity contribution in [1.29, 1.82) is 0 Å². The number of fused-ring (bicyclic) bond motifs is 1. The minimum Gasteiger partial charge on any atom is -0.490 e. The van der Waals surface area contributed by atoms with Crippen LogP contribution in [0, 0.1) is 13.8 Å². The van der Waals surface area contributed by atoms with Crippen molar-refractivity contribution < 1.29 is 22.8 Å². The summed E-state index contributed by atoms with van der Waals surface area (Å²) >= 11 is 0. The lowest BCUT2D eigenvalue weighted by atomic mass is 10.1. The van der Waals surface area contributed by atoms with Crippen LogP contribution in [-0.4, -0.2) is 46.1 Å². The number of hydrogen-bond acceptors (Lipinski definition) is 4. The summed E-state index contributed by atoms with van der Waals surface area (Å²) in [5, 5.41) is 4.68. The van der Waals surface area contributed by atoms with E-state index in [0.29, 0.717) is 48.7 Å². The molecule has 2 aromatic heterocycles. The molecule has 0 N–H and O–H groups in total. The van der Waals surface area contributed by atoms with E-state index < -0.39 is 6.43 Å². The summed E-state index contributed by atoms with van der Waals surface area (Å²) in [4.78, 5) is 14.6. The van der Waals surface area contributed by atoms with Crippen molar-refractivity contribution in [3.05, 3.63) is 47.5 Å². The molecule has 0 spiro atoms. The SMILES string of the molecule is Cc1noc(C)c1C(=O)N1CCC(Oc2cccc3c2ccn3CC(F)F)CC1. The van der Waals surface area contributed by atoms with Gasteiger partial charge in [0, 0.05) is 37.5 Å². The van der Waals surface area contributed by atoms with Crippen LogP contribution in [0.5, 0.6) is 5.75 Å². The van der Waals surface area contributed by atoms with Gasteiger partial charge in [-0.25, -0.2) is 8.78 Å². The molecule has 1 amide bonds. The Kier molecular flexibility index (Phi) is 5.25. The number of amides is 1. The number of alkyl halides is 2. The Balaban J connectivity index is 1.42. The topological polar surface area (TPSA) is 60.5 Å². The third-order valence-corrected chi connectivity index (χ3v) is 5.38. The Morgan fingerprint density at radius 1 is 1.28 bits per heavy atom. The van der Waals surface area contributed by atoms with E-state index in [0.717, 1.165) is 10.9 Å².